The molecule has 2 amide bonds. The molecule has 3 aromatic rings. The van der Waals surface area contributed by atoms with Crippen molar-refractivity contribution in [3.05, 3.63) is 72.3 Å². The molecule has 32 heavy (non-hydrogen) atoms. The van der Waals surface area contributed by atoms with E-state index in [4.69, 9.17) is 4.74 Å². The fourth-order valence-corrected chi connectivity index (χ4v) is 3.43. The van der Waals surface area contributed by atoms with Gasteiger partial charge in [-0.25, -0.2) is 19.2 Å². The molecule has 1 unspecified atom stereocenters. The van der Waals surface area contributed by atoms with Crippen molar-refractivity contribution in [1.82, 2.24) is 20.3 Å². The van der Waals surface area contributed by atoms with Crippen molar-refractivity contribution in [2.24, 2.45) is 0 Å². The van der Waals surface area contributed by atoms with Gasteiger partial charge in [0.25, 0.3) is 0 Å². The Morgan fingerprint density at radius 2 is 1.97 bits per heavy atom. The molecule has 12 heteroatoms. The number of amides is 2. The summed E-state index contributed by atoms with van der Waals surface area (Å²) >= 11 is 0. The van der Waals surface area contributed by atoms with Crippen molar-refractivity contribution in [2.45, 2.75) is 18.3 Å². The van der Waals surface area contributed by atoms with Crippen LogP contribution in [0.4, 0.5) is 28.0 Å². The van der Waals surface area contributed by atoms with Crippen LogP contribution in [0.1, 0.15) is 17.7 Å². The van der Waals surface area contributed by atoms with E-state index in [0.29, 0.717) is 11.4 Å². The maximum atomic E-state index is 14.5. The molecule has 1 aromatic carbocycles. The molecule has 0 saturated carbocycles. The molecule has 4 rings (SSSR count). The van der Waals surface area contributed by atoms with Crippen LogP contribution < -0.4 is 20.1 Å². The van der Waals surface area contributed by atoms with Gasteiger partial charge in [-0.15, -0.1) is 13.2 Å². The monoisotopic (exact) mass is 449 g/mol. The van der Waals surface area contributed by atoms with Gasteiger partial charge in [0.15, 0.2) is 11.6 Å². The predicted molar refractivity (Wildman–Crippen MR) is 102 cm³/mol. The molecule has 0 radical (unpaired) electrons. The molecule has 0 saturated heterocycles. The Bertz CT molecular complexity index is 1130. The predicted octanol–water partition coefficient (Wildman–Crippen LogP) is 3.76. The summed E-state index contributed by atoms with van der Waals surface area (Å²) in [7, 11) is 0. The van der Waals surface area contributed by atoms with Crippen molar-refractivity contribution in [3.8, 4) is 11.5 Å². The Balaban J connectivity index is 1.74. The first-order chi connectivity index (χ1) is 15.3. The van der Waals surface area contributed by atoms with Gasteiger partial charge < -0.3 is 20.1 Å². The van der Waals surface area contributed by atoms with Crippen LogP contribution in [0.3, 0.4) is 0 Å². The maximum absolute atomic E-state index is 14.5. The van der Waals surface area contributed by atoms with E-state index in [2.05, 4.69) is 30.3 Å². The second-order valence-corrected chi connectivity index (χ2v) is 6.75. The molecule has 166 valence electrons. The normalized spacial score (nSPS) is 17.6. The van der Waals surface area contributed by atoms with Crippen LogP contribution in [-0.2, 0) is 5.54 Å². The molecule has 0 spiro atoms. The third-order valence-corrected chi connectivity index (χ3v) is 4.71. The number of anilines is 1. The topological polar surface area (TPSA) is 98.3 Å². The van der Waals surface area contributed by atoms with Crippen LogP contribution in [-0.4, -0.2) is 34.0 Å². The number of hydrogen-bond acceptors (Lipinski definition) is 6. The number of carbonyl (C=O) groups is 1. The molecule has 2 aromatic heterocycles. The van der Waals surface area contributed by atoms with Gasteiger partial charge in [0.2, 0.25) is 0 Å². The SMILES string of the molecule is O=C(Nc1cncnc1)NC1(c2ccc(OC(F)(F)F)c(F)c2)CCOc2cccnc21. The van der Waals surface area contributed by atoms with Gasteiger partial charge in [0.05, 0.1) is 24.7 Å². The summed E-state index contributed by atoms with van der Waals surface area (Å²) in [4.78, 5) is 24.7. The minimum Gasteiger partial charge on any atom is -0.491 e. The van der Waals surface area contributed by atoms with Gasteiger partial charge in [-0.1, -0.05) is 6.07 Å². The summed E-state index contributed by atoms with van der Waals surface area (Å²) < 4.78 is 61.5. The fourth-order valence-electron chi connectivity index (χ4n) is 3.43. The van der Waals surface area contributed by atoms with Crippen LogP contribution in [0.15, 0.2) is 55.2 Å². The smallest absolute Gasteiger partial charge is 0.491 e. The van der Waals surface area contributed by atoms with E-state index in [1.165, 1.54) is 31.0 Å². The van der Waals surface area contributed by atoms with E-state index in [1.54, 1.807) is 12.1 Å². The van der Waals surface area contributed by atoms with E-state index < -0.39 is 29.5 Å². The van der Waals surface area contributed by atoms with Crippen LogP contribution in [0.5, 0.6) is 11.5 Å². The van der Waals surface area contributed by atoms with Gasteiger partial charge in [-0.2, -0.15) is 0 Å². The minimum atomic E-state index is -5.05. The van der Waals surface area contributed by atoms with Gasteiger partial charge >= 0.3 is 12.4 Å². The summed E-state index contributed by atoms with van der Waals surface area (Å²) in [6, 6.07) is 5.52. The Morgan fingerprint density at radius 1 is 1.19 bits per heavy atom. The lowest BCUT2D eigenvalue weighted by Crippen LogP contribution is -2.51. The number of hydrogen-bond donors (Lipinski definition) is 2. The number of carbonyl (C=O) groups excluding carboxylic acids is 1. The number of ether oxygens (including phenoxy) is 2. The van der Waals surface area contributed by atoms with Crippen LogP contribution in [0.2, 0.25) is 0 Å². The average molecular weight is 449 g/mol. The molecule has 3 heterocycles. The van der Waals surface area contributed by atoms with Crippen molar-refractivity contribution in [2.75, 3.05) is 11.9 Å². The summed E-state index contributed by atoms with van der Waals surface area (Å²) in [5.41, 5.74) is -0.665. The Labute approximate surface area is 178 Å². The minimum absolute atomic E-state index is 0.134. The number of nitrogens with zero attached hydrogens (tertiary/aromatic N) is 3. The average Bonchev–Trinajstić information content (AvgIpc) is 2.75. The van der Waals surface area contributed by atoms with E-state index in [9.17, 15) is 22.4 Å². The number of rotatable bonds is 4. The molecule has 0 aliphatic carbocycles. The van der Waals surface area contributed by atoms with Crippen LogP contribution in [0, 0.1) is 5.82 Å². The molecule has 0 bridgehead atoms. The summed E-state index contributed by atoms with van der Waals surface area (Å²) in [6.07, 6.45) is 0.578. The second kappa shape index (κ2) is 8.29. The van der Waals surface area contributed by atoms with Crippen LogP contribution in [0.25, 0.3) is 0 Å². The standard InChI is InChI=1S/C20H15F4N5O3/c21-14-8-12(3-4-15(14)32-20(22,23)24)19(5-7-31-16-2-1-6-27-17(16)19)29-18(30)28-13-9-25-11-26-10-13/h1-4,6,8-11H,5,7H2,(H2,28,29,30). The van der Waals surface area contributed by atoms with Crippen molar-refractivity contribution < 1.29 is 31.8 Å². The molecule has 0 fully saturated rings. The molecule has 2 N–H and O–H groups in total. The van der Waals surface area contributed by atoms with Crippen molar-refractivity contribution >= 4 is 11.7 Å². The second-order valence-electron chi connectivity index (χ2n) is 6.75. The van der Waals surface area contributed by atoms with Gasteiger partial charge in [-0.3, -0.25) is 4.98 Å². The van der Waals surface area contributed by atoms with Crippen LogP contribution >= 0.6 is 0 Å². The highest BCUT2D eigenvalue weighted by Gasteiger charge is 2.43. The zero-order valence-electron chi connectivity index (χ0n) is 16.2. The first-order valence-electron chi connectivity index (χ1n) is 9.25. The van der Waals surface area contributed by atoms with Crippen molar-refractivity contribution in [3.63, 3.8) is 0 Å². The third-order valence-electron chi connectivity index (χ3n) is 4.71. The largest absolute Gasteiger partial charge is 0.573 e. The number of halogens is 4. The number of alkyl halides is 3. The zero-order chi connectivity index (χ0) is 22.8. The number of benzene rings is 1. The molecule has 1 aliphatic rings. The lowest BCUT2D eigenvalue weighted by Gasteiger charge is -2.38. The molecule has 1 atom stereocenters. The van der Waals surface area contributed by atoms with Gasteiger partial charge in [0.1, 0.15) is 23.3 Å². The number of nitrogens with one attached hydrogen (secondary N) is 2. The Kier molecular flexibility index (Phi) is 5.51. The third kappa shape index (κ3) is 4.38. The van der Waals surface area contributed by atoms with E-state index >= 15 is 0 Å². The molecular weight excluding hydrogens is 434 g/mol. The fraction of sp³-hybridized carbons (Fsp3) is 0.200. The molecule has 8 nitrogen and oxygen atoms in total. The van der Waals surface area contributed by atoms with E-state index in [1.807, 2.05) is 0 Å². The Morgan fingerprint density at radius 3 is 2.69 bits per heavy atom. The number of fused-ring (bicyclic) bond motifs is 1. The number of aromatic nitrogens is 3. The van der Waals surface area contributed by atoms with Gasteiger partial charge in [0, 0.05) is 12.6 Å². The highest BCUT2D eigenvalue weighted by atomic mass is 19.4. The lowest BCUT2D eigenvalue weighted by atomic mass is 9.81. The molecular formula is C20H15F4N5O3. The van der Waals surface area contributed by atoms with E-state index in [0.717, 1.165) is 12.1 Å². The Hall–Kier alpha value is -3.96. The first-order valence-corrected chi connectivity index (χ1v) is 9.25. The first kappa shape index (κ1) is 21.3. The quantitative estimate of drug-likeness (QED) is 0.589. The maximum Gasteiger partial charge on any atom is 0.573 e. The highest BCUT2D eigenvalue weighted by molar-refractivity contribution is 5.90. The van der Waals surface area contributed by atoms with Gasteiger partial charge in [-0.05, 0) is 29.8 Å². The zero-order valence-corrected chi connectivity index (χ0v) is 16.2. The highest BCUT2D eigenvalue weighted by Crippen LogP contribution is 2.41. The summed E-state index contributed by atoms with van der Waals surface area (Å²) in [6.45, 7) is 0.135. The summed E-state index contributed by atoms with van der Waals surface area (Å²) in [5.74, 6) is -1.89. The molecule has 1 aliphatic heterocycles. The number of pyridine rings is 1. The summed E-state index contributed by atoms with van der Waals surface area (Å²) in [5, 5.41) is 5.33. The van der Waals surface area contributed by atoms with E-state index in [-0.39, 0.29) is 24.3 Å². The lowest BCUT2D eigenvalue weighted by molar-refractivity contribution is -0.275. The number of urea groups is 1. The van der Waals surface area contributed by atoms with Crippen molar-refractivity contribution in [1.29, 1.82) is 0 Å².